The first-order chi connectivity index (χ1) is 27.5. The molecule has 0 aliphatic carbocycles. The monoisotopic (exact) mass is 835 g/mol. The van der Waals surface area contributed by atoms with Gasteiger partial charge in [0.15, 0.2) is 6.10 Å². The molecule has 19 heteroatoms. The second kappa shape index (κ2) is 25.7. The van der Waals surface area contributed by atoms with Crippen molar-refractivity contribution in [1.29, 1.82) is 0 Å². The van der Waals surface area contributed by atoms with Gasteiger partial charge in [-0.15, -0.1) is 0 Å². The van der Waals surface area contributed by atoms with E-state index in [0.29, 0.717) is 44.6 Å². The first kappa shape index (κ1) is 51.4. The summed E-state index contributed by atoms with van der Waals surface area (Å²) in [6.45, 7) is 24.2. The van der Waals surface area contributed by atoms with Gasteiger partial charge in [-0.3, -0.25) is 15.1 Å². The number of hydrogen-bond donors (Lipinski definition) is 6. The Kier molecular flexibility index (Phi) is 22.4. The van der Waals surface area contributed by atoms with Gasteiger partial charge in [-0.25, -0.2) is 33.8 Å². The Hall–Kier alpha value is -5.62. The number of hydrogen-bond acceptors (Lipinski definition) is 13. The van der Waals surface area contributed by atoms with E-state index >= 15 is 0 Å². The molecule has 4 atom stereocenters. The maximum Gasteiger partial charge on any atom is 0.407 e. The summed E-state index contributed by atoms with van der Waals surface area (Å²) < 4.78 is 25.8. The number of alkyl carbamates (subject to hydrolysis) is 3. The summed E-state index contributed by atoms with van der Waals surface area (Å²) in [5.41, 5.74) is -0.120. The number of nitrogens with one attached hydrogen (secondary N) is 6. The fourth-order valence-corrected chi connectivity index (χ4v) is 5.89. The number of nitrogens with zero attached hydrogens (tertiary/aromatic N) is 1. The van der Waals surface area contributed by atoms with E-state index in [2.05, 4.69) is 63.6 Å². The quantitative estimate of drug-likeness (QED) is 0.0437. The Morgan fingerprint density at radius 2 is 1.34 bits per heavy atom. The Morgan fingerprint density at radius 3 is 1.90 bits per heavy atom. The molecule has 332 valence electrons. The Labute approximate surface area is 346 Å². The number of amides is 5. The van der Waals surface area contributed by atoms with Crippen molar-refractivity contribution in [3.05, 3.63) is 46.9 Å². The molecule has 0 fully saturated rings. The molecule has 0 aliphatic heterocycles. The predicted octanol–water partition coefficient (Wildman–Crippen LogP) is 4.87. The number of carbonyl (C=O) groups is 6. The molecule has 0 spiro atoms. The van der Waals surface area contributed by atoms with E-state index < -0.39 is 48.5 Å². The van der Waals surface area contributed by atoms with Crippen LogP contribution in [0.1, 0.15) is 86.8 Å². The molecule has 1 heterocycles. The standard InChI is InChI=1S/C40H65N7O12/c1-12-32(49)55-23-30(24-56-33(50)25(2)3)59-37(53)42-16-14-40(10,11)19-27(5)21-44-38(54)58-29(7)22-57-36(52)41-15-13-39(8,9)18-26(4)20-43-35(51)47-34-45-28(6)17-31(48)46-34/h12,17,26-27,29-30H,1-2,13-16,18-24H2,3-11H3,(H,41,52)(H,42,53)(H,44,54)(H3,43,45,46,47,48,51). The average Bonchev–Trinajstić information content (AvgIpc) is 3.12. The zero-order chi connectivity index (χ0) is 44.8. The Bertz CT molecular complexity index is 1640. The van der Waals surface area contributed by atoms with Crippen molar-refractivity contribution < 1.29 is 52.5 Å². The SMILES string of the molecule is C=CC(=O)OCC(COC(=O)C(=C)C)OC(=O)NCCC(C)(C)CC(C)CNC(=O)OC(C)COC(=O)NCCC(C)(C)CC(C)CNC(=O)Nc1nc(C)cc(=O)[nH]1. The first-order valence-corrected chi connectivity index (χ1v) is 19.5. The summed E-state index contributed by atoms with van der Waals surface area (Å²) in [5.74, 6) is -1.17. The zero-order valence-corrected chi connectivity index (χ0v) is 36.0. The number of aromatic nitrogens is 2. The van der Waals surface area contributed by atoms with E-state index in [0.717, 1.165) is 12.5 Å². The third kappa shape index (κ3) is 24.7. The van der Waals surface area contributed by atoms with Gasteiger partial charge < -0.3 is 45.0 Å². The molecular formula is C40H65N7O12. The van der Waals surface area contributed by atoms with Crippen LogP contribution in [0.15, 0.2) is 35.7 Å². The number of esters is 2. The van der Waals surface area contributed by atoms with E-state index in [-0.39, 0.29) is 66.1 Å². The van der Waals surface area contributed by atoms with Gasteiger partial charge in [-0.05, 0) is 69.1 Å². The number of urea groups is 1. The van der Waals surface area contributed by atoms with Gasteiger partial charge in [0.2, 0.25) is 5.95 Å². The predicted molar refractivity (Wildman–Crippen MR) is 219 cm³/mol. The van der Waals surface area contributed by atoms with Crippen LogP contribution in [0, 0.1) is 29.6 Å². The fraction of sp³-hybridized carbons (Fsp3) is 0.650. The van der Waals surface area contributed by atoms with Crippen molar-refractivity contribution in [2.45, 2.75) is 100 Å². The molecule has 1 rings (SSSR count). The van der Waals surface area contributed by atoms with Gasteiger partial charge in [-0.2, -0.15) is 0 Å². The van der Waals surface area contributed by atoms with Gasteiger partial charge in [0.05, 0.1) is 0 Å². The van der Waals surface area contributed by atoms with Crippen molar-refractivity contribution in [3.8, 4) is 0 Å². The second-order valence-corrected chi connectivity index (χ2v) is 16.3. The van der Waals surface area contributed by atoms with Gasteiger partial charge in [0.25, 0.3) is 5.56 Å². The van der Waals surface area contributed by atoms with Crippen LogP contribution in [0.5, 0.6) is 0 Å². The second-order valence-electron chi connectivity index (χ2n) is 16.3. The molecular weight excluding hydrogens is 770 g/mol. The topological polar surface area (TPSA) is 254 Å². The van der Waals surface area contributed by atoms with Crippen LogP contribution in [-0.2, 0) is 33.3 Å². The normalized spacial score (nSPS) is 13.2. The van der Waals surface area contributed by atoms with Gasteiger partial charge in [-0.1, -0.05) is 54.7 Å². The zero-order valence-electron chi connectivity index (χ0n) is 36.0. The third-order valence-electron chi connectivity index (χ3n) is 8.61. The molecule has 59 heavy (non-hydrogen) atoms. The Balaban J connectivity index is 2.32. The van der Waals surface area contributed by atoms with E-state index in [1.807, 2.05) is 27.7 Å². The minimum absolute atomic E-state index is 0.0475. The number of aromatic amines is 1. The lowest BCUT2D eigenvalue weighted by molar-refractivity contribution is -0.147. The molecule has 0 aliphatic rings. The van der Waals surface area contributed by atoms with Crippen molar-refractivity contribution >= 4 is 42.2 Å². The first-order valence-electron chi connectivity index (χ1n) is 19.5. The van der Waals surface area contributed by atoms with Crippen LogP contribution >= 0.6 is 0 Å². The van der Waals surface area contributed by atoms with Crippen LogP contribution in [0.3, 0.4) is 0 Å². The molecule has 0 aromatic carbocycles. The molecule has 1 aromatic heterocycles. The molecule has 1 aromatic rings. The number of H-pyrrole nitrogens is 1. The highest BCUT2D eigenvalue weighted by molar-refractivity contribution is 5.87. The maximum absolute atomic E-state index is 12.4. The minimum Gasteiger partial charge on any atom is -0.458 e. The molecule has 5 amide bonds. The van der Waals surface area contributed by atoms with Crippen LogP contribution in [-0.4, -0.2) is 104 Å². The molecule has 6 N–H and O–H groups in total. The van der Waals surface area contributed by atoms with Crippen LogP contribution in [0.4, 0.5) is 25.1 Å². The van der Waals surface area contributed by atoms with Crippen molar-refractivity contribution in [3.63, 3.8) is 0 Å². The summed E-state index contributed by atoms with van der Waals surface area (Å²) in [4.78, 5) is 90.7. The highest BCUT2D eigenvalue weighted by Gasteiger charge is 2.25. The third-order valence-corrected chi connectivity index (χ3v) is 8.61. The largest absolute Gasteiger partial charge is 0.458 e. The van der Waals surface area contributed by atoms with Gasteiger partial charge in [0, 0.05) is 49.6 Å². The highest BCUT2D eigenvalue weighted by Crippen LogP contribution is 2.29. The molecule has 0 saturated heterocycles. The number of rotatable bonds is 25. The number of carbonyl (C=O) groups excluding carboxylic acids is 6. The smallest absolute Gasteiger partial charge is 0.407 e. The summed E-state index contributed by atoms with van der Waals surface area (Å²) in [5, 5.41) is 13.4. The lowest BCUT2D eigenvalue weighted by Gasteiger charge is -2.28. The Morgan fingerprint density at radius 1 is 0.797 bits per heavy atom. The van der Waals surface area contributed by atoms with Crippen LogP contribution < -0.4 is 32.1 Å². The van der Waals surface area contributed by atoms with Gasteiger partial charge in [0.1, 0.15) is 25.9 Å². The van der Waals surface area contributed by atoms with Crippen LogP contribution in [0.25, 0.3) is 0 Å². The van der Waals surface area contributed by atoms with Gasteiger partial charge >= 0.3 is 36.2 Å². The van der Waals surface area contributed by atoms with E-state index in [9.17, 15) is 33.6 Å². The minimum atomic E-state index is -1.05. The van der Waals surface area contributed by atoms with Crippen molar-refractivity contribution in [1.82, 2.24) is 31.2 Å². The molecule has 0 bridgehead atoms. The van der Waals surface area contributed by atoms with Crippen LogP contribution in [0.2, 0.25) is 0 Å². The van der Waals surface area contributed by atoms with E-state index in [1.165, 1.54) is 13.0 Å². The molecule has 4 unspecified atom stereocenters. The lowest BCUT2D eigenvalue weighted by atomic mass is 9.80. The lowest BCUT2D eigenvalue weighted by Crippen LogP contribution is -2.37. The summed E-state index contributed by atoms with van der Waals surface area (Å²) in [7, 11) is 0. The molecule has 0 radical (unpaired) electrons. The highest BCUT2D eigenvalue weighted by atomic mass is 16.6. The fourth-order valence-electron chi connectivity index (χ4n) is 5.89. The molecule has 0 saturated carbocycles. The van der Waals surface area contributed by atoms with Crippen molar-refractivity contribution in [2.24, 2.45) is 22.7 Å². The van der Waals surface area contributed by atoms with E-state index in [4.69, 9.17) is 23.7 Å². The summed E-state index contributed by atoms with van der Waals surface area (Å²) in [6.07, 6.45) is -0.189. The number of anilines is 1. The average molecular weight is 836 g/mol. The molecule has 19 nitrogen and oxygen atoms in total. The summed E-state index contributed by atoms with van der Waals surface area (Å²) >= 11 is 0. The summed E-state index contributed by atoms with van der Waals surface area (Å²) in [6, 6.07) is 0.845. The maximum atomic E-state index is 12.4. The van der Waals surface area contributed by atoms with Crippen molar-refractivity contribution in [2.75, 3.05) is 51.3 Å². The number of aryl methyl sites for hydroxylation is 1. The number of ether oxygens (including phenoxy) is 5. The van der Waals surface area contributed by atoms with E-state index in [1.54, 1.807) is 13.8 Å².